The van der Waals surface area contributed by atoms with Crippen LogP contribution in [0.1, 0.15) is 38.8 Å². The maximum Gasteiger partial charge on any atom is 0.306 e. The number of carbonyl (C=O) groups is 1. The molecule has 0 aromatic carbocycles. The van der Waals surface area contributed by atoms with E-state index in [2.05, 4.69) is 10.3 Å². The molecule has 2 rings (SSSR count). The van der Waals surface area contributed by atoms with Crippen molar-refractivity contribution in [3.8, 4) is 0 Å². The van der Waals surface area contributed by atoms with E-state index in [1.807, 2.05) is 19.2 Å². The predicted molar refractivity (Wildman–Crippen MR) is 79.1 cm³/mol. The highest BCUT2D eigenvalue weighted by Gasteiger charge is 2.29. The zero-order valence-electron chi connectivity index (χ0n) is 12.1. The van der Waals surface area contributed by atoms with Gasteiger partial charge in [0.25, 0.3) is 0 Å². The van der Waals surface area contributed by atoms with Gasteiger partial charge in [0.05, 0.1) is 24.8 Å². The second-order valence-corrected chi connectivity index (χ2v) is 5.70. The van der Waals surface area contributed by atoms with E-state index in [4.69, 9.17) is 9.47 Å². The fourth-order valence-electron chi connectivity index (χ4n) is 2.18. The van der Waals surface area contributed by atoms with Crippen molar-refractivity contribution in [1.82, 2.24) is 4.98 Å². The number of thiazole rings is 1. The van der Waals surface area contributed by atoms with Crippen LogP contribution >= 0.6 is 11.3 Å². The molecule has 0 unspecified atom stereocenters. The predicted octanol–water partition coefficient (Wildman–Crippen LogP) is 2.62. The van der Waals surface area contributed by atoms with E-state index in [1.165, 1.54) is 0 Å². The lowest BCUT2D eigenvalue weighted by Gasteiger charge is -2.35. The van der Waals surface area contributed by atoms with Crippen LogP contribution in [0.3, 0.4) is 0 Å². The number of nitrogens with zero attached hydrogens (tertiary/aromatic N) is 1. The van der Waals surface area contributed by atoms with Crippen LogP contribution in [0.2, 0.25) is 0 Å². The van der Waals surface area contributed by atoms with Crippen molar-refractivity contribution >= 4 is 22.4 Å². The zero-order valence-corrected chi connectivity index (χ0v) is 12.9. The summed E-state index contributed by atoms with van der Waals surface area (Å²) in [5, 5.41) is 6.35. The van der Waals surface area contributed by atoms with Crippen LogP contribution in [0, 0.1) is 0 Å². The lowest BCUT2D eigenvalue weighted by molar-refractivity contribution is -0.143. The van der Waals surface area contributed by atoms with Crippen molar-refractivity contribution in [1.29, 1.82) is 0 Å². The first-order chi connectivity index (χ1) is 9.71. The minimum atomic E-state index is -0.159. The molecule has 0 saturated heterocycles. The fraction of sp³-hybridized carbons (Fsp3) is 0.714. The number of aromatic nitrogens is 1. The van der Waals surface area contributed by atoms with Gasteiger partial charge in [-0.3, -0.25) is 4.79 Å². The average molecular weight is 298 g/mol. The highest BCUT2D eigenvalue weighted by molar-refractivity contribution is 7.13. The molecular formula is C14H22N2O3S. The summed E-state index contributed by atoms with van der Waals surface area (Å²) in [7, 11) is 0. The van der Waals surface area contributed by atoms with E-state index in [0.717, 1.165) is 30.3 Å². The van der Waals surface area contributed by atoms with Gasteiger partial charge >= 0.3 is 5.97 Å². The van der Waals surface area contributed by atoms with Gasteiger partial charge in [-0.05, 0) is 26.7 Å². The number of carbonyl (C=O) groups excluding carboxylic acids is 1. The summed E-state index contributed by atoms with van der Waals surface area (Å²) >= 11 is 1.59. The Morgan fingerprint density at radius 1 is 1.45 bits per heavy atom. The number of nitrogens with one attached hydrogen (secondary N) is 1. The second-order valence-electron chi connectivity index (χ2n) is 4.84. The molecule has 1 fully saturated rings. The number of esters is 1. The van der Waals surface area contributed by atoms with Crippen molar-refractivity contribution in [2.75, 3.05) is 18.5 Å². The van der Waals surface area contributed by atoms with Crippen LogP contribution in [-0.4, -0.2) is 36.3 Å². The molecule has 1 N–H and O–H groups in total. The molecule has 1 heterocycles. The van der Waals surface area contributed by atoms with Crippen molar-refractivity contribution in [2.45, 2.75) is 51.7 Å². The van der Waals surface area contributed by atoms with E-state index in [0.29, 0.717) is 31.6 Å². The Hall–Kier alpha value is -1.14. The third kappa shape index (κ3) is 4.45. The molecule has 1 aromatic rings. The summed E-state index contributed by atoms with van der Waals surface area (Å²) in [6, 6.07) is 0.468. The molecule has 0 aliphatic heterocycles. The molecule has 6 heteroatoms. The molecule has 0 radical (unpaired) electrons. The Bertz CT molecular complexity index is 430. The van der Waals surface area contributed by atoms with Gasteiger partial charge in [0, 0.05) is 24.4 Å². The molecule has 112 valence electrons. The summed E-state index contributed by atoms with van der Waals surface area (Å²) in [6.45, 7) is 5.06. The Morgan fingerprint density at radius 2 is 2.25 bits per heavy atom. The van der Waals surface area contributed by atoms with Gasteiger partial charge in [-0.1, -0.05) is 0 Å². The first kappa shape index (κ1) is 15.3. The van der Waals surface area contributed by atoms with Gasteiger partial charge in [-0.15, -0.1) is 11.3 Å². The van der Waals surface area contributed by atoms with Crippen LogP contribution in [0.5, 0.6) is 0 Å². The minimum Gasteiger partial charge on any atom is -0.466 e. The van der Waals surface area contributed by atoms with Gasteiger partial charge in [0.15, 0.2) is 5.13 Å². The Morgan fingerprint density at radius 3 is 2.95 bits per heavy atom. The van der Waals surface area contributed by atoms with E-state index >= 15 is 0 Å². The molecule has 0 bridgehead atoms. The van der Waals surface area contributed by atoms with Crippen LogP contribution in [0.25, 0.3) is 0 Å². The Balaban J connectivity index is 1.69. The monoisotopic (exact) mass is 298 g/mol. The maximum absolute atomic E-state index is 11.3. The van der Waals surface area contributed by atoms with Crippen molar-refractivity contribution in [3.05, 3.63) is 11.1 Å². The SMILES string of the molecule is CCOC(=O)CCc1csc(NC2CC(OCC)C2)n1. The van der Waals surface area contributed by atoms with Crippen molar-refractivity contribution in [2.24, 2.45) is 0 Å². The maximum atomic E-state index is 11.3. The normalized spacial score (nSPS) is 21.3. The minimum absolute atomic E-state index is 0.159. The molecular weight excluding hydrogens is 276 g/mol. The standard InChI is InChI=1S/C14H22N2O3S/c1-3-18-12-7-11(8-12)16-14-15-10(9-20-14)5-6-13(17)19-4-2/h9,11-12H,3-8H2,1-2H3,(H,15,16). The summed E-state index contributed by atoms with van der Waals surface area (Å²) in [4.78, 5) is 15.8. The lowest BCUT2D eigenvalue weighted by atomic mass is 9.89. The second kappa shape index (κ2) is 7.59. The van der Waals surface area contributed by atoms with Gasteiger partial charge in [-0.25, -0.2) is 4.98 Å². The molecule has 20 heavy (non-hydrogen) atoms. The summed E-state index contributed by atoms with van der Waals surface area (Å²) in [6.07, 6.45) is 3.54. The summed E-state index contributed by atoms with van der Waals surface area (Å²) in [5.74, 6) is -0.159. The topological polar surface area (TPSA) is 60.5 Å². The average Bonchev–Trinajstić information content (AvgIpc) is 2.82. The van der Waals surface area contributed by atoms with Crippen molar-refractivity contribution < 1.29 is 14.3 Å². The highest BCUT2D eigenvalue weighted by Crippen LogP contribution is 2.28. The van der Waals surface area contributed by atoms with E-state index < -0.39 is 0 Å². The van der Waals surface area contributed by atoms with E-state index in [-0.39, 0.29) is 5.97 Å². The van der Waals surface area contributed by atoms with Crippen LogP contribution < -0.4 is 5.32 Å². The fourth-order valence-corrected chi connectivity index (χ4v) is 3.00. The molecule has 1 aliphatic carbocycles. The Labute approximate surface area is 123 Å². The molecule has 0 spiro atoms. The molecule has 0 amide bonds. The highest BCUT2D eigenvalue weighted by atomic mass is 32.1. The number of hydrogen-bond acceptors (Lipinski definition) is 6. The lowest BCUT2D eigenvalue weighted by Crippen LogP contribution is -2.40. The summed E-state index contributed by atoms with van der Waals surface area (Å²) < 4.78 is 10.4. The van der Waals surface area contributed by atoms with Crippen LogP contribution in [0.4, 0.5) is 5.13 Å². The van der Waals surface area contributed by atoms with Gasteiger partial charge in [0.2, 0.25) is 0 Å². The van der Waals surface area contributed by atoms with Crippen LogP contribution in [0.15, 0.2) is 5.38 Å². The van der Waals surface area contributed by atoms with Gasteiger partial charge in [-0.2, -0.15) is 0 Å². The molecule has 1 aromatic heterocycles. The first-order valence-corrected chi connectivity index (χ1v) is 8.07. The van der Waals surface area contributed by atoms with Gasteiger partial charge < -0.3 is 14.8 Å². The molecule has 0 atom stereocenters. The molecule has 1 aliphatic rings. The van der Waals surface area contributed by atoms with Crippen molar-refractivity contribution in [3.63, 3.8) is 0 Å². The number of hydrogen-bond donors (Lipinski definition) is 1. The Kier molecular flexibility index (Phi) is 5.79. The largest absolute Gasteiger partial charge is 0.466 e. The third-order valence-electron chi connectivity index (χ3n) is 3.27. The number of anilines is 1. The number of rotatable bonds is 8. The molecule has 5 nitrogen and oxygen atoms in total. The quantitative estimate of drug-likeness (QED) is 0.748. The smallest absolute Gasteiger partial charge is 0.306 e. The van der Waals surface area contributed by atoms with E-state index in [9.17, 15) is 4.79 Å². The zero-order chi connectivity index (χ0) is 14.4. The van der Waals surface area contributed by atoms with E-state index in [1.54, 1.807) is 11.3 Å². The molecule has 1 saturated carbocycles. The van der Waals surface area contributed by atoms with Crippen LogP contribution in [-0.2, 0) is 20.7 Å². The number of aryl methyl sites for hydroxylation is 1. The van der Waals surface area contributed by atoms with Gasteiger partial charge in [0.1, 0.15) is 0 Å². The first-order valence-electron chi connectivity index (χ1n) is 7.19. The third-order valence-corrected chi connectivity index (χ3v) is 4.09. The number of ether oxygens (including phenoxy) is 2. The summed E-state index contributed by atoms with van der Waals surface area (Å²) in [5.41, 5.74) is 0.950.